The van der Waals surface area contributed by atoms with Gasteiger partial charge in [0.25, 0.3) is 5.56 Å². The molecule has 0 unspecified atom stereocenters. The maximum Gasteiger partial charge on any atom is 0.329 e. The number of hydrogen-bond acceptors (Lipinski definition) is 5. The molecule has 8 heteroatoms. The van der Waals surface area contributed by atoms with Crippen LogP contribution >= 0.6 is 11.3 Å². The number of aromatic hydroxyl groups is 1. The van der Waals surface area contributed by atoms with Gasteiger partial charge in [0.2, 0.25) is 0 Å². The van der Waals surface area contributed by atoms with Crippen molar-refractivity contribution in [3.05, 3.63) is 48.5 Å². The van der Waals surface area contributed by atoms with E-state index in [0.29, 0.717) is 23.2 Å². The summed E-state index contributed by atoms with van der Waals surface area (Å²) in [5, 5.41) is 11.9. The number of benzene rings is 1. The van der Waals surface area contributed by atoms with E-state index in [1.807, 2.05) is 0 Å². The highest BCUT2D eigenvalue weighted by molar-refractivity contribution is 7.10. The molecule has 1 aliphatic rings. The zero-order chi connectivity index (χ0) is 17.9. The van der Waals surface area contributed by atoms with Crippen molar-refractivity contribution >= 4 is 22.2 Å². The van der Waals surface area contributed by atoms with Crippen molar-refractivity contribution in [2.45, 2.75) is 32.4 Å². The summed E-state index contributed by atoms with van der Waals surface area (Å²) in [7, 11) is 0. The average molecular weight is 361 g/mol. The summed E-state index contributed by atoms with van der Waals surface area (Å²) in [5.74, 6) is -1.59. The molecule has 0 radical (unpaired) electrons. The zero-order valence-corrected chi connectivity index (χ0v) is 14.2. The summed E-state index contributed by atoms with van der Waals surface area (Å²) in [6, 6.07) is 1.72. The van der Waals surface area contributed by atoms with Crippen LogP contribution in [0.3, 0.4) is 0 Å². The third-order valence-electron chi connectivity index (χ3n) is 4.59. The number of H-pyrrole nitrogens is 1. The first-order chi connectivity index (χ1) is 11.9. The monoisotopic (exact) mass is 361 g/mol. The number of aromatic amines is 1. The molecule has 1 fully saturated rings. The second kappa shape index (κ2) is 5.53. The van der Waals surface area contributed by atoms with E-state index in [2.05, 4.69) is 4.98 Å². The van der Waals surface area contributed by atoms with Crippen LogP contribution in [-0.4, -0.2) is 14.7 Å². The molecule has 0 bridgehead atoms. The predicted octanol–water partition coefficient (Wildman–Crippen LogP) is 2.37. The highest BCUT2D eigenvalue weighted by Crippen LogP contribution is 2.42. The van der Waals surface area contributed by atoms with Gasteiger partial charge in [0.1, 0.15) is 5.39 Å². The van der Waals surface area contributed by atoms with Crippen molar-refractivity contribution in [2.75, 3.05) is 0 Å². The number of fused-ring (bicyclic) bond motifs is 1. The molecule has 0 spiro atoms. The smallest absolute Gasteiger partial charge is 0.329 e. The molecule has 0 aliphatic heterocycles. The van der Waals surface area contributed by atoms with Crippen LogP contribution in [0.2, 0.25) is 0 Å². The van der Waals surface area contributed by atoms with E-state index >= 15 is 0 Å². The molecule has 1 aliphatic carbocycles. The number of aromatic nitrogens is 2. The van der Waals surface area contributed by atoms with Crippen molar-refractivity contribution in [1.29, 1.82) is 0 Å². The summed E-state index contributed by atoms with van der Waals surface area (Å²) in [5.41, 5.74) is 5.84. The highest BCUT2D eigenvalue weighted by atomic mass is 32.1. The van der Waals surface area contributed by atoms with Gasteiger partial charge < -0.3 is 10.8 Å². The van der Waals surface area contributed by atoms with Gasteiger partial charge in [-0.2, -0.15) is 0 Å². The molecule has 4 rings (SSSR count). The van der Waals surface area contributed by atoms with Crippen LogP contribution in [0.1, 0.15) is 29.3 Å². The molecule has 4 N–H and O–H groups in total. The molecule has 2 aromatic heterocycles. The Morgan fingerprint density at radius 1 is 1.44 bits per heavy atom. The number of aryl methyl sites for hydroxylation is 1. The number of rotatable bonds is 3. The summed E-state index contributed by atoms with van der Waals surface area (Å²) < 4.78 is 16.4. The Morgan fingerprint density at radius 3 is 2.76 bits per heavy atom. The van der Waals surface area contributed by atoms with Crippen LogP contribution in [0.5, 0.6) is 5.75 Å². The summed E-state index contributed by atoms with van der Waals surface area (Å²) in [6.45, 7) is 2.00. The van der Waals surface area contributed by atoms with Gasteiger partial charge in [0.05, 0.1) is 5.52 Å². The van der Waals surface area contributed by atoms with Crippen molar-refractivity contribution in [1.82, 2.24) is 9.55 Å². The minimum atomic E-state index is -0.863. The molecule has 2 heterocycles. The van der Waals surface area contributed by atoms with Crippen molar-refractivity contribution in [3.8, 4) is 16.9 Å². The lowest BCUT2D eigenvalue weighted by Gasteiger charge is -2.16. The maximum atomic E-state index is 14.9. The fraction of sp³-hybridized carbons (Fsp3) is 0.294. The van der Waals surface area contributed by atoms with Crippen LogP contribution in [0.4, 0.5) is 4.39 Å². The lowest BCUT2D eigenvalue weighted by molar-refractivity contribution is 0.438. The molecular weight excluding hydrogens is 345 g/mol. The molecule has 0 saturated heterocycles. The molecule has 3 aromatic rings. The fourth-order valence-electron chi connectivity index (χ4n) is 3.29. The minimum Gasteiger partial charge on any atom is -0.504 e. The van der Waals surface area contributed by atoms with Crippen molar-refractivity contribution < 1.29 is 9.50 Å². The number of phenolic OH excluding ortho intramolecular Hbond substituents is 1. The highest BCUT2D eigenvalue weighted by Gasteiger charge is 2.31. The lowest BCUT2D eigenvalue weighted by atomic mass is 9.98. The Labute approximate surface area is 145 Å². The number of nitrogens with two attached hydrogens (primary N) is 1. The number of halogens is 1. The quantitative estimate of drug-likeness (QED) is 0.666. The van der Waals surface area contributed by atoms with Gasteiger partial charge in [-0.05, 0) is 42.3 Å². The van der Waals surface area contributed by atoms with E-state index in [4.69, 9.17) is 5.73 Å². The molecule has 1 aromatic carbocycles. The zero-order valence-electron chi connectivity index (χ0n) is 13.4. The Bertz CT molecular complexity index is 1120. The standard InChI is InChI=1S/C17H16FN3O3S/c1-7-11(8-4-10(5-19)25-6-8)13(18)15(22)12-14(7)21(9-2-3-9)17(24)20-16(12)23/h4,6,9,22H,2-3,5,19H2,1H3,(H,20,23,24). The van der Waals surface area contributed by atoms with E-state index < -0.39 is 22.8 Å². The number of thiophene rings is 1. The fourth-order valence-corrected chi connectivity index (χ4v) is 4.05. The number of nitrogens with one attached hydrogen (secondary N) is 1. The molecule has 0 atom stereocenters. The first kappa shape index (κ1) is 16.0. The van der Waals surface area contributed by atoms with E-state index in [-0.39, 0.29) is 17.0 Å². The van der Waals surface area contributed by atoms with Crippen LogP contribution in [0.15, 0.2) is 21.0 Å². The van der Waals surface area contributed by atoms with Crippen LogP contribution in [-0.2, 0) is 6.54 Å². The minimum absolute atomic E-state index is 0.0367. The first-order valence-electron chi connectivity index (χ1n) is 7.91. The van der Waals surface area contributed by atoms with Crippen molar-refractivity contribution in [2.24, 2.45) is 5.73 Å². The molecule has 1 saturated carbocycles. The normalized spacial score (nSPS) is 14.4. The van der Waals surface area contributed by atoms with Gasteiger partial charge in [-0.25, -0.2) is 9.18 Å². The molecule has 25 heavy (non-hydrogen) atoms. The molecule has 0 amide bonds. The van der Waals surface area contributed by atoms with Crippen LogP contribution in [0, 0.1) is 12.7 Å². The first-order valence-corrected chi connectivity index (χ1v) is 8.79. The van der Waals surface area contributed by atoms with E-state index in [9.17, 15) is 19.1 Å². The molecule has 130 valence electrons. The average Bonchev–Trinajstić information content (AvgIpc) is 3.29. The third-order valence-corrected chi connectivity index (χ3v) is 5.55. The third kappa shape index (κ3) is 2.32. The van der Waals surface area contributed by atoms with Gasteiger partial charge in [0, 0.05) is 23.0 Å². The van der Waals surface area contributed by atoms with Gasteiger partial charge in [-0.1, -0.05) is 0 Å². The van der Waals surface area contributed by atoms with Gasteiger partial charge >= 0.3 is 5.69 Å². The second-order valence-corrected chi connectivity index (χ2v) is 7.25. The second-order valence-electron chi connectivity index (χ2n) is 6.25. The molecule has 6 nitrogen and oxygen atoms in total. The number of hydrogen-bond donors (Lipinski definition) is 3. The largest absolute Gasteiger partial charge is 0.504 e. The number of phenols is 1. The Balaban J connectivity index is 2.17. The Morgan fingerprint density at radius 2 is 2.16 bits per heavy atom. The Hall–Kier alpha value is -2.45. The van der Waals surface area contributed by atoms with Crippen molar-refractivity contribution in [3.63, 3.8) is 0 Å². The summed E-state index contributed by atoms with van der Waals surface area (Å²) >= 11 is 1.39. The van der Waals surface area contributed by atoms with Crippen LogP contribution < -0.4 is 17.0 Å². The summed E-state index contributed by atoms with van der Waals surface area (Å²) in [4.78, 5) is 27.6. The SMILES string of the molecule is Cc1c(-c2csc(CN)c2)c(F)c(O)c2c(=O)[nH]c(=O)n(C3CC3)c12. The Kier molecular flexibility index (Phi) is 3.55. The van der Waals surface area contributed by atoms with Gasteiger partial charge in [0.15, 0.2) is 11.6 Å². The molecular formula is C17H16FN3O3S. The van der Waals surface area contributed by atoms with Gasteiger partial charge in [-0.3, -0.25) is 14.3 Å². The topological polar surface area (TPSA) is 101 Å². The summed E-state index contributed by atoms with van der Waals surface area (Å²) in [6.07, 6.45) is 1.62. The van der Waals surface area contributed by atoms with Gasteiger partial charge in [-0.15, -0.1) is 11.3 Å². The van der Waals surface area contributed by atoms with E-state index in [0.717, 1.165) is 17.7 Å². The predicted molar refractivity (Wildman–Crippen MR) is 94.7 cm³/mol. The van der Waals surface area contributed by atoms with E-state index in [1.165, 1.54) is 15.9 Å². The van der Waals surface area contributed by atoms with E-state index in [1.54, 1.807) is 18.4 Å². The van der Waals surface area contributed by atoms with Crippen LogP contribution in [0.25, 0.3) is 22.0 Å². The maximum absolute atomic E-state index is 14.9. The number of nitrogens with zero attached hydrogens (tertiary/aromatic N) is 1. The lowest BCUT2D eigenvalue weighted by Crippen LogP contribution is -2.30.